The van der Waals surface area contributed by atoms with Gasteiger partial charge < -0.3 is 0 Å². The number of hydrogen-bond donors (Lipinski definition) is 0. The molecule has 7 heteroatoms. The summed E-state index contributed by atoms with van der Waals surface area (Å²) >= 11 is 2.72. The number of Topliss-reactive ketones (excluding diaryl/α,β-unsaturated/α-hetero) is 1. The van der Waals surface area contributed by atoms with Gasteiger partial charge in [0.15, 0.2) is 5.04 Å². The van der Waals surface area contributed by atoms with Gasteiger partial charge in [0.25, 0.3) is 5.91 Å². The Labute approximate surface area is 236 Å². The second-order valence-electron chi connectivity index (χ2n) is 9.40. The third-order valence-electron chi connectivity index (χ3n) is 6.53. The summed E-state index contributed by atoms with van der Waals surface area (Å²) in [5.41, 5.74) is 5.28. The van der Waals surface area contributed by atoms with E-state index in [0.29, 0.717) is 15.5 Å². The average molecular weight is 548 g/mol. The van der Waals surface area contributed by atoms with Gasteiger partial charge in [-0.3, -0.25) is 14.5 Å². The molecule has 1 fully saturated rings. The smallest absolute Gasteiger partial charge is 0.268 e. The maximum absolute atomic E-state index is 14.2. The first-order valence-electron chi connectivity index (χ1n) is 12.6. The second-order valence-corrected chi connectivity index (χ2v) is 12.0. The molecule has 0 aliphatic carbocycles. The van der Waals surface area contributed by atoms with Crippen LogP contribution in [-0.2, 0) is 4.79 Å². The van der Waals surface area contributed by atoms with Gasteiger partial charge in [-0.05, 0) is 61.5 Å². The van der Waals surface area contributed by atoms with Gasteiger partial charge in [-0.25, -0.2) is 5.01 Å². The van der Waals surface area contributed by atoms with Gasteiger partial charge >= 0.3 is 0 Å². The second kappa shape index (κ2) is 10.2. The Hall–Kier alpha value is -4.07. The van der Waals surface area contributed by atoms with Gasteiger partial charge in [-0.1, -0.05) is 108 Å². The largest absolute Gasteiger partial charge is 0.286 e. The standard InChI is InChI=1S/C32H25N3O2S2/c1-22-13-17-24(18-14-22)21-28-31(37)34(26-11-7-4-8-12-26)32(38-28)35(27-19-15-23(2)16-20-27)33-30(39-32)29(36)25-9-5-3-6-10-25/h3-21H,1-2H3/b28-21+/t32-/m0/s1. The van der Waals surface area contributed by atoms with Gasteiger partial charge in [0.1, 0.15) is 0 Å². The molecule has 2 aliphatic rings. The van der Waals surface area contributed by atoms with Crippen LogP contribution in [0.5, 0.6) is 0 Å². The molecule has 5 nitrogen and oxygen atoms in total. The summed E-state index contributed by atoms with van der Waals surface area (Å²) in [5, 5.41) is 7.04. The molecular formula is C32H25N3O2S2. The summed E-state index contributed by atoms with van der Waals surface area (Å²) in [5.74, 6) is -0.313. The zero-order valence-electron chi connectivity index (χ0n) is 21.4. The van der Waals surface area contributed by atoms with Gasteiger partial charge in [0.05, 0.1) is 10.6 Å². The minimum atomic E-state index is -1.07. The predicted octanol–water partition coefficient (Wildman–Crippen LogP) is 7.49. The number of anilines is 2. The molecule has 1 atom stereocenters. The summed E-state index contributed by atoms with van der Waals surface area (Å²) in [6, 6.07) is 34.8. The molecule has 0 radical (unpaired) electrons. The normalized spacial score (nSPS) is 19.7. The van der Waals surface area contributed by atoms with Crippen molar-refractivity contribution in [1.82, 2.24) is 0 Å². The molecule has 1 amide bonds. The highest BCUT2D eigenvalue weighted by atomic mass is 32.2. The highest BCUT2D eigenvalue weighted by Crippen LogP contribution is 2.59. The Bertz CT molecular complexity index is 1600. The van der Waals surface area contributed by atoms with Crippen molar-refractivity contribution in [3.63, 3.8) is 0 Å². The molecule has 0 unspecified atom stereocenters. The molecular weight excluding hydrogens is 523 g/mol. The molecule has 39 heavy (non-hydrogen) atoms. The molecule has 0 bridgehead atoms. The SMILES string of the molecule is Cc1ccc(/C=C2/S[C@]3(SC(C(=O)c4ccccc4)=NN3c3ccc(C)cc3)N(c3ccccc3)C2=O)cc1. The summed E-state index contributed by atoms with van der Waals surface area (Å²) in [6.07, 6.45) is 1.92. The molecule has 6 rings (SSSR count). The molecule has 4 aromatic rings. The number of nitrogens with zero attached hydrogens (tertiary/aromatic N) is 3. The maximum atomic E-state index is 14.2. The van der Waals surface area contributed by atoms with E-state index in [9.17, 15) is 9.59 Å². The van der Waals surface area contributed by atoms with E-state index in [1.165, 1.54) is 23.5 Å². The van der Waals surface area contributed by atoms with Gasteiger partial charge in [0.2, 0.25) is 10.1 Å². The van der Waals surface area contributed by atoms with E-state index in [2.05, 4.69) is 0 Å². The first kappa shape index (κ1) is 25.2. The number of carbonyl (C=O) groups excluding carboxylic acids is 2. The molecule has 0 saturated carbocycles. The lowest BCUT2D eigenvalue weighted by Gasteiger charge is -2.38. The fraction of sp³-hybridized carbons (Fsp3) is 0.0938. The number of benzene rings is 4. The number of para-hydroxylation sites is 1. The van der Waals surface area contributed by atoms with Crippen LogP contribution in [0.2, 0.25) is 0 Å². The summed E-state index contributed by atoms with van der Waals surface area (Å²) < 4.78 is -1.07. The van der Waals surface area contributed by atoms with E-state index in [-0.39, 0.29) is 11.7 Å². The summed E-state index contributed by atoms with van der Waals surface area (Å²) in [4.78, 5) is 30.2. The fourth-order valence-electron chi connectivity index (χ4n) is 4.49. The molecule has 0 aromatic heterocycles. The third-order valence-corrected chi connectivity index (χ3v) is 9.24. The van der Waals surface area contributed by atoms with Crippen molar-refractivity contribution in [3.8, 4) is 0 Å². The lowest BCUT2D eigenvalue weighted by molar-refractivity contribution is -0.114. The maximum Gasteiger partial charge on any atom is 0.268 e. The molecule has 192 valence electrons. The first-order valence-corrected chi connectivity index (χ1v) is 14.2. The Balaban J connectivity index is 1.51. The van der Waals surface area contributed by atoms with Crippen LogP contribution in [-0.4, -0.2) is 21.1 Å². The number of hydrazone groups is 1. The lowest BCUT2D eigenvalue weighted by atomic mass is 10.1. The van der Waals surface area contributed by atoms with Crippen LogP contribution < -0.4 is 9.91 Å². The highest BCUT2D eigenvalue weighted by molar-refractivity contribution is 8.29. The number of ketones is 1. The Morgan fingerprint density at radius 3 is 1.97 bits per heavy atom. The van der Waals surface area contributed by atoms with Crippen LogP contribution in [0.4, 0.5) is 11.4 Å². The van der Waals surface area contributed by atoms with Gasteiger partial charge in [-0.2, -0.15) is 5.10 Å². The zero-order chi connectivity index (χ0) is 27.0. The van der Waals surface area contributed by atoms with E-state index in [1.807, 2.05) is 122 Å². The summed E-state index contributed by atoms with van der Waals surface area (Å²) in [6.45, 7) is 4.06. The van der Waals surface area contributed by atoms with Crippen LogP contribution in [0, 0.1) is 13.8 Å². The van der Waals surface area contributed by atoms with E-state index in [4.69, 9.17) is 5.10 Å². The van der Waals surface area contributed by atoms with E-state index in [0.717, 1.165) is 28.1 Å². The third kappa shape index (κ3) is 4.68. The Kier molecular flexibility index (Phi) is 6.62. The summed E-state index contributed by atoms with van der Waals surface area (Å²) in [7, 11) is 0. The number of thioether (sulfide) groups is 2. The molecule has 1 saturated heterocycles. The topological polar surface area (TPSA) is 53.0 Å². The number of rotatable bonds is 5. The van der Waals surface area contributed by atoms with Gasteiger partial charge in [0, 0.05) is 11.3 Å². The first-order chi connectivity index (χ1) is 18.9. The highest BCUT2D eigenvalue weighted by Gasteiger charge is 2.60. The minimum Gasteiger partial charge on any atom is -0.286 e. The van der Waals surface area contributed by atoms with E-state index < -0.39 is 4.33 Å². The molecule has 2 aliphatic heterocycles. The number of hydrogen-bond acceptors (Lipinski definition) is 6. The van der Waals surface area contributed by atoms with Crippen molar-refractivity contribution < 1.29 is 9.59 Å². The number of aryl methyl sites for hydroxylation is 2. The molecule has 1 spiro atoms. The van der Waals surface area contributed by atoms with Crippen LogP contribution in [0.15, 0.2) is 119 Å². The number of carbonyl (C=O) groups is 2. The van der Waals surface area contributed by atoms with Crippen LogP contribution in [0.25, 0.3) is 6.08 Å². The quantitative estimate of drug-likeness (QED) is 0.191. The predicted molar refractivity (Wildman–Crippen MR) is 163 cm³/mol. The zero-order valence-corrected chi connectivity index (χ0v) is 23.1. The average Bonchev–Trinajstić information content (AvgIpc) is 3.47. The monoisotopic (exact) mass is 547 g/mol. The lowest BCUT2D eigenvalue weighted by Crippen LogP contribution is -2.51. The van der Waals surface area contributed by atoms with Crippen LogP contribution in [0.3, 0.4) is 0 Å². The van der Waals surface area contributed by atoms with Crippen molar-refractivity contribution in [1.29, 1.82) is 0 Å². The number of amides is 1. The van der Waals surface area contributed by atoms with Crippen LogP contribution >= 0.6 is 23.5 Å². The van der Waals surface area contributed by atoms with E-state index >= 15 is 0 Å². The fourth-order valence-corrected chi connectivity index (χ4v) is 7.44. The van der Waals surface area contributed by atoms with Crippen molar-refractivity contribution in [2.45, 2.75) is 18.2 Å². The minimum absolute atomic E-state index is 0.139. The molecule has 4 aromatic carbocycles. The van der Waals surface area contributed by atoms with Gasteiger partial charge in [-0.15, -0.1) is 0 Å². The molecule has 2 heterocycles. The van der Waals surface area contributed by atoms with Crippen molar-refractivity contribution in [3.05, 3.63) is 136 Å². The Morgan fingerprint density at radius 1 is 0.744 bits per heavy atom. The van der Waals surface area contributed by atoms with Crippen molar-refractivity contribution >= 4 is 57.7 Å². The van der Waals surface area contributed by atoms with Crippen molar-refractivity contribution in [2.75, 3.05) is 9.91 Å². The molecule has 0 N–H and O–H groups in total. The Morgan fingerprint density at radius 2 is 1.33 bits per heavy atom. The van der Waals surface area contributed by atoms with Crippen molar-refractivity contribution in [2.24, 2.45) is 5.10 Å². The van der Waals surface area contributed by atoms with E-state index in [1.54, 1.807) is 17.0 Å². The van der Waals surface area contributed by atoms with Crippen LogP contribution in [0.1, 0.15) is 27.0 Å².